The first-order valence-corrected chi connectivity index (χ1v) is 22.1. The Kier molecular flexibility index (Phi) is 10.3. The Bertz CT molecular complexity index is 3440. The molecule has 11 rings (SSSR count). The quantitative estimate of drug-likeness (QED) is 0.156. The van der Waals surface area contributed by atoms with Crippen LogP contribution in [0.15, 0.2) is 152 Å². The predicted molar refractivity (Wildman–Crippen MR) is 265 cm³/mol. The fourth-order valence-electron chi connectivity index (χ4n) is 9.60. The smallest absolute Gasteiger partial charge is 0.135 e. The van der Waals surface area contributed by atoms with Gasteiger partial charge in [-0.25, -0.2) is 4.98 Å². The minimum Gasteiger partial charge on any atom is -0.509 e. The molecule has 7 heteroatoms. The van der Waals surface area contributed by atoms with Gasteiger partial charge in [-0.2, -0.15) is 12.1 Å². The summed E-state index contributed by atoms with van der Waals surface area (Å²) >= 11 is 0. The Morgan fingerprint density at radius 3 is 1.88 bits per heavy atom. The van der Waals surface area contributed by atoms with Crippen molar-refractivity contribution in [2.24, 2.45) is 0 Å². The van der Waals surface area contributed by atoms with E-state index in [2.05, 4.69) is 221 Å². The number of pyridine rings is 1. The minimum absolute atomic E-state index is 0. The zero-order valence-electron chi connectivity index (χ0n) is 38.0. The van der Waals surface area contributed by atoms with E-state index < -0.39 is 0 Å². The van der Waals surface area contributed by atoms with Crippen molar-refractivity contribution in [2.45, 2.75) is 66.2 Å². The first-order chi connectivity index (χ1) is 30.8. The topological polar surface area (TPSA) is 38.5 Å². The second-order valence-electron chi connectivity index (χ2n) is 19.2. The summed E-state index contributed by atoms with van der Waals surface area (Å²) in [6.07, 6.45) is 1.93. The Morgan fingerprint density at radius 1 is 0.538 bits per heavy atom. The number of benzene rings is 7. The third-order valence-electron chi connectivity index (χ3n) is 12.8. The average molecular weight is 1030 g/mol. The normalized spacial score (nSPS) is 13.0. The zero-order valence-corrected chi connectivity index (χ0v) is 40.2. The number of aromatic nitrogens is 3. The summed E-state index contributed by atoms with van der Waals surface area (Å²) in [6.45, 7) is 20.2. The first kappa shape index (κ1) is 42.3. The van der Waals surface area contributed by atoms with Crippen LogP contribution in [0, 0.1) is 32.6 Å². The Hall–Kier alpha value is -6.62. The number of para-hydroxylation sites is 4. The van der Waals surface area contributed by atoms with Gasteiger partial charge in [-0.3, -0.25) is 0 Å². The van der Waals surface area contributed by atoms with Crippen molar-refractivity contribution in [3.05, 3.63) is 193 Å². The summed E-state index contributed by atoms with van der Waals surface area (Å²) in [5, 5.41) is 4.56. The average Bonchev–Trinajstić information content (AvgIpc) is 3.94. The number of rotatable bonds is 6. The van der Waals surface area contributed by atoms with Crippen LogP contribution >= 0.6 is 0 Å². The van der Waals surface area contributed by atoms with Crippen LogP contribution < -0.4 is 14.5 Å². The molecule has 1 aliphatic rings. The van der Waals surface area contributed by atoms with E-state index in [0.717, 1.165) is 61.4 Å². The van der Waals surface area contributed by atoms with E-state index in [-0.39, 0.29) is 31.9 Å². The summed E-state index contributed by atoms with van der Waals surface area (Å²) in [7, 11) is 0. The standard InChI is InChI=1S/C58H50N5O.Pt/c1-37-31-40(58(6,7)8)32-38(2)54(37)61-36-60(50-23-14-15-24-51(50)61)42-19-16-20-43(34-42)64-44-25-26-46-48-28-27-47-45-21-12-13-22-49(45)62(41-17-10-9-11-18-41)55(47)56(48)63(52(46)35-44)53-33-39(29-30-59-53)57(3,4)5;/h9-33,36H,1-8H3;/q-3;. The molecule has 1 aliphatic heterocycles. The molecule has 7 aromatic carbocycles. The van der Waals surface area contributed by atoms with Gasteiger partial charge in [0.2, 0.25) is 0 Å². The van der Waals surface area contributed by atoms with Gasteiger partial charge in [0.25, 0.3) is 0 Å². The first-order valence-electron chi connectivity index (χ1n) is 22.1. The van der Waals surface area contributed by atoms with Crippen molar-refractivity contribution < 1.29 is 25.8 Å². The molecule has 0 spiro atoms. The number of hydrogen-bond donors (Lipinski definition) is 0. The molecule has 0 saturated heterocycles. The van der Waals surface area contributed by atoms with E-state index in [1.807, 2.05) is 24.4 Å². The second-order valence-corrected chi connectivity index (χ2v) is 19.2. The molecule has 10 aromatic rings. The van der Waals surface area contributed by atoms with Crippen molar-refractivity contribution in [1.82, 2.24) is 14.1 Å². The Morgan fingerprint density at radius 2 is 1.15 bits per heavy atom. The minimum atomic E-state index is -0.0810. The molecule has 3 aromatic heterocycles. The summed E-state index contributed by atoms with van der Waals surface area (Å²) in [5.74, 6) is 2.02. The number of anilines is 4. The van der Waals surface area contributed by atoms with Crippen molar-refractivity contribution in [3.8, 4) is 23.0 Å². The van der Waals surface area contributed by atoms with Crippen molar-refractivity contribution in [1.29, 1.82) is 0 Å². The van der Waals surface area contributed by atoms with Crippen LogP contribution in [-0.2, 0) is 31.9 Å². The fourth-order valence-corrected chi connectivity index (χ4v) is 9.60. The monoisotopic (exact) mass is 1030 g/mol. The molecule has 0 fully saturated rings. The molecule has 0 atom stereocenters. The van der Waals surface area contributed by atoms with Crippen LogP contribution in [0.2, 0.25) is 0 Å². The van der Waals surface area contributed by atoms with Gasteiger partial charge in [-0.05, 0) is 94.8 Å². The molecule has 326 valence electrons. The van der Waals surface area contributed by atoms with Crippen LogP contribution in [0.3, 0.4) is 0 Å². The largest absolute Gasteiger partial charge is 0.509 e. The van der Waals surface area contributed by atoms with Gasteiger partial charge >= 0.3 is 0 Å². The van der Waals surface area contributed by atoms with Crippen LogP contribution in [0.1, 0.15) is 63.8 Å². The second kappa shape index (κ2) is 15.8. The van der Waals surface area contributed by atoms with Crippen LogP contribution in [-0.4, -0.2) is 14.1 Å². The van der Waals surface area contributed by atoms with E-state index in [0.29, 0.717) is 11.5 Å². The van der Waals surface area contributed by atoms with Crippen molar-refractivity contribution in [2.75, 3.05) is 9.80 Å². The molecule has 0 unspecified atom stereocenters. The van der Waals surface area contributed by atoms with Gasteiger partial charge in [-0.1, -0.05) is 120 Å². The van der Waals surface area contributed by atoms with Gasteiger partial charge in [0.15, 0.2) is 0 Å². The molecule has 0 saturated carbocycles. The number of ether oxygens (including phenoxy) is 1. The van der Waals surface area contributed by atoms with E-state index in [1.165, 1.54) is 38.7 Å². The van der Waals surface area contributed by atoms with Gasteiger partial charge in [0.1, 0.15) is 5.82 Å². The van der Waals surface area contributed by atoms with Crippen LogP contribution in [0.25, 0.3) is 55.1 Å². The van der Waals surface area contributed by atoms with Crippen molar-refractivity contribution >= 4 is 66.4 Å². The zero-order chi connectivity index (χ0) is 44.1. The Balaban J connectivity index is 0.00000498. The maximum Gasteiger partial charge on any atom is 0.135 e. The molecule has 0 radical (unpaired) electrons. The molecular formula is C58H50N5OPt-3. The predicted octanol–water partition coefficient (Wildman–Crippen LogP) is 15.3. The summed E-state index contributed by atoms with van der Waals surface area (Å²) in [4.78, 5) is 9.59. The van der Waals surface area contributed by atoms with E-state index >= 15 is 0 Å². The van der Waals surface area contributed by atoms with Gasteiger partial charge in [0, 0.05) is 72.3 Å². The molecule has 0 bridgehead atoms. The number of nitrogens with zero attached hydrogens (tertiary/aromatic N) is 5. The summed E-state index contributed by atoms with van der Waals surface area (Å²) in [6, 6.07) is 59.0. The molecule has 4 heterocycles. The van der Waals surface area contributed by atoms with Gasteiger partial charge in [-0.15, -0.1) is 48.1 Å². The molecule has 0 amide bonds. The van der Waals surface area contributed by atoms with Gasteiger partial charge in [0.05, 0.1) is 16.6 Å². The number of hydrogen-bond acceptors (Lipinski definition) is 4. The van der Waals surface area contributed by atoms with E-state index in [9.17, 15) is 0 Å². The fraction of sp³-hybridized carbons (Fsp3) is 0.172. The molecule has 0 N–H and O–H groups in total. The number of aryl methyl sites for hydroxylation is 2. The molecule has 0 aliphatic carbocycles. The Labute approximate surface area is 396 Å². The van der Waals surface area contributed by atoms with E-state index in [1.54, 1.807) is 0 Å². The maximum absolute atomic E-state index is 6.76. The summed E-state index contributed by atoms with van der Waals surface area (Å²) in [5.41, 5.74) is 14.6. The van der Waals surface area contributed by atoms with Crippen LogP contribution in [0.4, 0.5) is 22.7 Å². The molecule has 6 nitrogen and oxygen atoms in total. The third-order valence-corrected chi connectivity index (χ3v) is 12.8. The van der Waals surface area contributed by atoms with Crippen LogP contribution in [0.5, 0.6) is 11.5 Å². The summed E-state index contributed by atoms with van der Waals surface area (Å²) < 4.78 is 11.4. The molecule has 65 heavy (non-hydrogen) atoms. The van der Waals surface area contributed by atoms with E-state index in [4.69, 9.17) is 9.72 Å². The van der Waals surface area contributed by atoms with Gasteiger partial charge < -0.3 is 23.7 Å². The third kappa shape index (κ3) is 7.10. The maximum atomic E-state index is 6.76. The molecular weight excluding hydrogens is 978 g/mol. The SMILES string of the molecule is Cc1cc(C(C)(C)C)cc(C)c1N1[CH-]N(c2[c-]c(Oc3[c-]c4c(cc3)c3ccc5c6ccccc6n(-c6ccccc6)c5c3n4-c3cc(C(C)(C)C)ccn3)ccc2)c2ccccc21.[Pt]. The van der Waals surface area contributed by atoms with Crippen molar-refractivity contribution in [3.63, 3.8) is 0 Å². The number of fused-ring (bicyclic) bond motifs is 8.